The molecule has 16 heavy (non-hydrogen) atoms. The Kier molecular flexibility index (Phi) is 3.44. The van der Waals surface area contributed by atoms with Crippen LogP contribution in [0.5, 0.6) is 0 Å². The fraction of sp³-hybridized carbons (Fsp3) is 0.300. The molecule has 0 saturated carbocycles. The monoisotopic (exact) mass is 224 g/mol. The predicted octanol–water partition coefficient (Wildman–Crippen LogP) is 1.79. The topological polar surface area (TPSA) is 92.5 Å². The first-order valence-corrected chi connectivity index (χ1v) is 4.65. The number of aryl methyl sites for hydroxylation is 1. The Hall–Kier alpha value is -2.11. The Bertz CT molecular complexity index is 431. The minimum Gasteiger partial charge on any atom is -0.480 e. The van der Waals surface area contributed by atoms with Gasteiger partial charge in [-0.3, -0.25) is 14.9 Å². The highest BCUT2D eigenvalue weighted by Gasteiger charge is 2.13. The Balaban J connectivity index is 2.97. The number of rotatable bonds is 4. The highest BCUT2D eigenvalue weighted by atomic mass is 16.6. The zero-order valence-electron chi connectivity index (χ0n) is 8.93. The second kappa shape index (κ2) is 4.61. The molecule has 0 fully saturated rings. The first-order chi connectivity index (χ1) is 7.40. The number of nitrogens with one attached hydrogen (secondary N) is 1. The van der Waals surface area contributed by atoms with Crippen molar-refractivity contribution >= 4 is 17.3 Å². The van der Waals surface area contributed by atoms with Crippen LogP contribution in [0.25, 0.3) is 0 Å². The molecule has 0 aliphatic carbocycles. The maximum absolute atomic E-state index is 10.6. The normalized spacial score (nSPS) is 11.9. The number of nitro groups is 1. The summed E-state index contributed by atoms with van der Waals surface area (Å²) in [5.41, 5.74) is 1.08. The second-order valence-corrected chi connectivity index (χ2v) is 3.52. The van der Waals surface area contributed by atoms with Crippen LogP contribution in [0.15, 0.2) is 18.2 Å². The molecule has 6 heteroatoms. The molecule has 0 aliphatic heterocycles. The van der Waals surface area contributed by atoms with E-state index in [-0.39, 0.29) is 5.69 Å². The summed E-state index contributed by atoms with van der Waals surface area (Å²) < 4.78 is 0. The fourth-order valence-electron chi connectivity index (χ4n) is 1.26. The molecule has 0 aromatic heterocycles. The molecule has 0 radical (unpaired) electrons. The standard InChI is InChI=1S/C10H12N2O4/c1-6-3-8(11-7(2)10(13)14)5-9(4-6)12(15)16/h3-5,7,11H,1-2H3,(H,13,14). The van der Waals surface area contributed by atoms with Crippen molar-refractivity contribution in [2.24, 2.45) is 0 Å². The summed E-state index contributed by atoms with van der Waals surface area (Å²) in [5.74, 6) is -1.01. The van der Waals surface area contributed by atoms with E-state index in [0.29, 0.717) is 11.3 Å². The van der Waals surface area contributed by atoms with Gasteiger partial charge in [0.05, 0.1) is 4.92 Å². The largest absolute Gasteiger partial charge is 0.480 e. The van der Waals surface area contributed by atoms with Gasteiger partial charge in [-0.15, -0.1) is 0 Å². The van der Waals surface area contributed by atoms with Gasteiger partial charge < -0.3 is 10.4 Å². The zero-order chi connectivity index (χ0) is 12.3. The zero-order valence-corrected chi connectivity index (χ0v) is 8.93. The number of nitro benzene ring substituents is 1. The fourth-order valence-corrected chi connectivity index (χ4v) is 1.26. The minimum atomic E-state index is -1.01. The van der Waals surface area contributed by atoms with E-state index >= 15 is 0 Å². The van der Waals surface area contributed by atoms with Crippen LogP contribution in [-0.2, 0) is 4.79 Å². The molecule has 0 bridgehead atoms. The average molecular weight is 224 g/mol. The molecule has 6 nitrogen and oxygen atoms in total. The Morgan fingerprint density at radius 2 is 2.12 bits per heavy atom. The third-order valence-electron chi connectivity index (χ3n) is 2.03. The number of aliphatic carboxylic acids is 1. The van der Waals surface area contributed by atoms with Crippen LogP contribution in [0.2, 0.25) is 0 Å². The molecule has 1 unspecified atom stereocenters. The van der Waals surface area contributed by atoms with Crippen LogP contribution in [-0.4, -0.2) is 22.0 Å². The SMILES string of the molecule is Cc1cc(NC(C)C(=O)O)cc([N+](=O)[O-])c1. The molecule has 0 heterocycles. The van der Waals surface area contributed by atoms with Crippen molar-refractivity contribution in [1.29, 1.82) is 0 Å². The van der Waals surface area contributed by atoms with Gasteiger partial charge in [-0.05, 0) is 25.5 Å². The maximum Gasteiger partial charge on any atom is 0.325 e. The van der Waals surface area contributed by atoms with Crippen molar-refractivity contribution in [3.8, 4) is 0 Å². The van der Waals surface area contributed by atoms with Crippen LogP contribution < -0.4 is 5.32 Å². The van der Waals surface area contributed by atoms with E-state index in [1.807, 2.05) is 0 Å². The van der Waals surface area contributed by atoms with Gasteiger partial charge in [0.2, 0.25) is 0 Å². The first-order valence-electron chi connectivity index (χ1n) is 4.65. The second-order valence-electron chi connectivity index (χ2n) is 3.52. The van der Waals surface area contributed by atoms with Crippen LogP contribution in [0.3, 0.4) is 0 Å². The molecular formula is C10H12N2O4. The number of carboxylic acids is 1. The van der Waals surface area contributed by atoms with E-state index in [9.17, 15) is 14.9 Å². The molecule has 1 atom stereocenters. The summed E-state index contributed by atoms with van der Waals surface area (Å²) in [6.07, 6.45) is 0. The molecule has 0 aliphatic rings. The number of benzene rings is 1. The van der Waals surface area contributed by atoms with Crippen molar-refractivity contribution in [1.82, 2.24) is 0 Å². The van der Waals surface area contributed by atoms with Crippen molar-refractivity contribution in [2.75, 3.05) is 5.32 Å². The van der Waals surface area contributed by atoms with Gasteiger partial charge in [0.25, 0.3) is 5.69 Å². The smallest absolute Gasteiger partial charge is 0.325 e. The molecule has 1 aromatic carbocycles. The molecule has 1 aromatic rings. The minimum absolute atomic E-state index is 0.0555. The quantitative estimate of drug-likeness (QED) is 0.600. The summed E-state index contributed by atoms with van der Waals surface area (Å²) in [7, 11) is 0. The van der Waals surface area contributed by atoms with E-state index in [2.05, 4.69) is 5.32 Å². The van der Waals surface area contributed by atoms with Gasteiger partial charge in [-0.1, -0.05) is 0 Å². The highest BCUT2D eigenvalue weighted by Crippen LogP contribution is 2.20. The number of carbonyl (C=O) groups is 1. The van der Waals surface area contributed by atoms with Gasteiger partial charge in [0.1, 0.15) is 6.04 Å². The lowest BCUT2D eigenvalue weighted by atomic mass is 10.2. The summed E-state index contributed by atoms with van der Waals surface area (Å²) in [6.45, 7) is 3.18. The van der Waals surface area contributed by atoms with E-state index < -0.39 is 16.9 Å². The maximum atomic E-state index is 10.6. The molecule has 0 saturated heterocycles. The number of hydrogen-bond donors (Lipinski definition) is 2. The highest BCUT2D eigenvalue weighted by molar-refractivity contribution is 5.77. The molecule has 0 amide bonds. The van der Waals surface area contributed by atoms with Crippen molar-refractivity contribution in [2.45, 2.75) is 19.9 Å². The van der Waals surface area contributed by atoms with Crippen LogP contribution in [0.1, 0.15) is 12.5 Å². The molecule has 86 valence electrons. The van der Waals surface area contributed by atoms with Gasteiger partial charge in [0.15, 0.2) is 0 Å². The number of hydrogen-bond acceptors (Lipinski definition) is 4. The lowest BCUT2D eigenvalue weighted by molar-refractivity contribution is -0.384. The van der Waals surface area contributed by atoms with Gasteiger partial charge >= 0.3 is 5.97 Å². The van der Waals surface area contributed by atoms with Gasteiger partial charge in [-0.2, -0.15) is 0 Å². The van der Waals surface area contributed by atoms with E-state index in [1.165, 1.54) is 19.1 Å². The average Bonchev–Trinajstić information content (AvgIpc) is 2.16. The lowest BCUT2D eigenvalue weighted by Crippen LogP contribution is -2.25. The summed E-state index contributed by atoms with van der Waals surface area (Å²) >= 11 is 0. The van der Waals surface area contributed by atoms with Crippen LogP contribution in [0, 0.1) is 17.0 Å². The van der Waals surface area contributed by atoms with Gasteiger partial charge in [0, 0.05) is 17.8 Å². The van der Waals surface area contributed by atoms with Crippen molar-refractivity contribution in [3.05, 3.63) is 33.9 Å². The van der Waals surface area contributed by atoms with Crippen LogP contribution >= 0.6 is 0 Å². The lowest BCUT2D eigenvalue weighted by Gasteiger charge is -2.10. The Morgan fingerprint density at radius 1 is 1.50 bits per heavy atom. The molecular weight excluding hydrogens is 212 g/mol. The number of nitrogens with zero attached hydrogens (tertiary/aromatic N) is 1. The van der Waals surface area contributed by atoms with Crippen LogP contribution in [0.4, 0.5) is 11.4 Å². The van der Waals surface area contributed by atoms with E-state index in [1.54, 1.807) is 13.0 Å². The van der Waals surface area contributed by atoms with Crippen molar-refractivity contribution < 1.29 is 14.8 Å². The molecule has 2 N–H and O–H groups in total. The first kappa shape index (κ1) is 12.0. The number of carboxylic acid groups (broad SMARTS) is 1. The molecule has 0 spiro atoms. The Morgan fingerprint density at radius 3 is 2.62 bits per heavy atom. The van der Waals surface area contributed by atoms with Crippen molar-refractivity contribution in [3.63, 3.8) is 0 Å². The molecule has 1 rings (SSSR count). The third-order valence-corrected chi connectivity index (χ3v) is 2.03. The number of anilines is 1. The Labute approximate surface area is 92.0 Å². The summed E-state index contributed by atoms with van der Waals surface area (Å²) in [6, 6.07) is 3.61. The summed E-state index contributed by atoms with van der Waals surface area (Å²) in [5, 5.41) is 22.0. The predicted molar refractivity (Wildman–Crippen MR) is 58.6 cm³/mol. The van der Waals surface area contributed by atoms with E-state index in [0.717, 1.165) is 0 Å². The van der Waals surface area contributed by atoms with E-state index in [4.69, 9.17) is 5.11 Å². The van der Waals surface area contributed by atoms with Gasteiger partial charge in [-0.25, -0.2) is 0 Å². The number of non-ortho nitro benzene ring substituents is 1. The summed E-state index contributed by atoms with van der Waals surface area (Å²) in [4.78, 5) is 20.7. The third kappa shape index (κ3) is 2.94.